The Hall–Kier alpha value is -1.21. The molecule has 0 spiro atoms. The molecule has 1 saturated heterocycles. The van der Waals surface area contributed by atoms with E-state index in [-0.39, 0.29) is 12.7 Å². The number of fused-ring (bicyclic) bond motifs is 1. The molecule has 1 fully saturated rings. The third-order valence-corrected chi connectivity index (χ3v) is 3.47. The minimum atomic E-state index is -0.676. The summed E-state index contributed by atoms with van der Waals surface area (Å²) in [5.74, 6) is 0. The van der Waals surface area contributed by atoms with Crippen LogP contribution >= 0.6 is 11.6 Å². The molecule has 0 unspecified atom stereocenters. The van der Waals surface area contributed by atoms with Crippen molar-refractivity contribution >= 4 is 22.6 Å². The summed E-state index contributed by atoms with van der Waals surface area (Å²) in [7, 11) is 0. The second kappa shape index (κ2) is 4.47. The van der Waals surface area contributed by atoms with Gasteiger partial charge in [0.05, 0.1) is 30.7 Å². The number of imidazole rings is 1. The van der Waals surface area contributed by atoms with Crippen molar-refractivity contribution in [3.8, 4) is 0 Å². The first-order chi connectivity index (χ1) is 8.70. The summed E-state index contributed by atoms with van der Waals surface area (Å²) in [5, 5.41) is 19.2. The highest BCUT2D eigenvalue weighted by atomic mass is 35.5. The van der Waals surface area contributed by atoms with E-state index >= 15 is 0 Å². The molecule has 0 radical (unpaired) electrons. The zero-order chi connectivity index (χ0) is 12.7. The molecule has 2 aromatic heterocycles. The SMILES string of the molecule is OC[C@H]1O[C@@H](c2cnc(Cl)c3[nH]cnc23)C[C@@H]1O. The lowest BCUT2D eigenvalue weighted by Crippen LogP contribution is -2.24. The van der Waals surface area contributed by atoms with Crippen LogP contribution < -0.4 is 0 Å². The van der Waals surface area contributed by atoms with Crippen molar-refractivity contribution in [2.75, 3.05) is 6.61 Å². The lowest BCUT2D eigenvalue weighted by Gasteiger charge is -2.12. The molecule has 1 aliphatic rings. The van der Waals surface area contributed by atoms with Crippen molar-refractivity contribution in [2.24, 2.45) is 0 Å². The van der Waals surface area contributed by atoms with Gasteiger partial charge in [0.1, 0.15) is 11.6 Å². The van der Waals surface area contributed by atoms with Crippen LogP contribution in [0, 0.1) is 0 Å². The van der Waals surface area contributed by atoms with Crippen molar-refractivity contribution < 1.29 is 14.9 Å². The minimum absolute atomic E-state index is 0.206. The minimum Gasteiger partial charge on any atom is -0.394 e. The maximum Gasteiger partial charge on any atom is 0.154 e. The number of aromatic nitrogens is 3. The van der Waals surface area contributed by atoms with E-state index in [2.05, 4.69) is 15.0 Å². The molecule has 0 saturated carbocycles. The molecule has 3 rings (SSSR count). The average molecular weight is 270 g/mol. The van der Waals surface area contributed by atoms with Gasteiger partial charge in [0.25, 0.3) is 0 Å². The van der Waals surface area contributed by atoms with Gasteiger partial charge in [0.15, 0.2) is 5.15 Å². The van der Waals surface area contributed by atoms with Crippen LogP contribution in [0.5, 0.6) is 0 Å². The van der Waals surface area contributed by atoms with Gasteiger partial charge in [-0.2, -0.15) is 0 Å². The Morgan fingerprint density at radius 2 is 2.33 bits per heavy atom. The Bertz CT molecular complexity index is 574. The van der Waals surface area contributed by atoms with Gasteiger partial charge < -0.3 is 19.9 Å². The summed E-state index contributed by atoms with van der Waals surface area (Å²) < 4.78 is 5.59. The highest BCUT2D eigenvalue weighted by Crippen LogP contribution is 2.36. The first kappa shape index (κ1) is 11.9. The zero-order valence-corrected chi connectivity index (χ0v) is 10.1. The lowest BCUT2D eigenvalue weighted by atomic mass is 10.1. The number of nitrogens with zero attached hydrogens (tertiary/aromatic N) is 2. The second-order valence-electron chi connectivity index (χ2n) is 4.28. The fraction of sp³-hybridized carbons (Fsp3) is 0.455. The van der Waals surface area contributed by atoms with E-state index in [1.54, 1.807) is 6.20 Å². The van der Waals surface area contributed by atoms with Crippen molar-refractivity contribution in [1.82, 2.24) is 15.0 Å². The standard InChI is InChI=1S/C11H12ClN3O3/c12-11-10-9(14-4-15-10)5(2-13-11)7-1-6(17)8(3-16)18-7/h2,4,6-8,16-17H,1,3H2,(H,14,15)/t6-,7+,8+/m0/s1. The molecule has 3 N–H and O–H groups in total. The fourth-order valence-electron chi connectivity index (χ4n) is 2.25. The van der Waals surface area contributed by atoms with Crippen molar-refractivity contribution in [1.29, 1.82) is 0 Å². The van der Waals surface area contributed by atoms with Crippen LogP contribution in [0.25, 0.3) is 11.0 Å². The van der Waals surface area contributed by atoms with Gasteiger partial charge in [0, 0.05) is 18.2 Å². The number of ether oxygens (including phenoxy) is 1. The normalized spacial score (nSPS) is 28.1. The van der Waals surface area contributed by atoms with Gasteiger partial charge >= 0.3 is 0 Å². The smallest absolute Gasteiger partial charge is 0.154 e. The maximum absolute atomic E-state index is 9.74. The van der Waals surface area contributed by atoms with E-state index in [0.29, 0.717) is 22.6 Å². The number of pyridine rings is 1. The molecule has 3 atom stereocenters. The topological polar surface area (TPSA) is 91.3 Å². The first-order valence-electron chi connectivity index (χ1n) is 5.62. The number of rotatable bonds is 2. The number of nitrogens with one attached hydrogen (secondary N) is 1. The quantitative estimate of drug-likeness (QED) is 0.701. The van der Waals surface area contributed by atoms with Gasteiger partial charge in [-0.1, -0.05) is 11.6 Å². The summed E-state index contributed by atoms with van der Waals surface area (Å²) in [6.07, 6.45) is 1.99. The molecule has 1 aliphatic heterocycles. The molecule has 96 valence electrons. The van der Waals surface area contributed by atoms with Gasteiger partial charge in [0.2, 0.25) is 0 Å². The molecule has 2 aromatic rings. The molecular formula is C11H12ClN3O3. The van der Waals surface area contributed by atoms with Gasteiger partial charge in [-0.3, -0.25) is 0 Å². The molecule has 0 amide bonds. The van der Waals surface area contributed by atoms with E-state index in [1.165, 1.54) is 6.33 Å². The molecule has 0 aliphatic carbocycles. The second-order valence-corrected chi connectivity index (χ2v) is 4.64. The van der Waals surface area contributed by atoms with Gasteiger partial charge in [-0.05, 0) is 0 Å². The van der Waals surface area contributed by atoms with E-state index in [4.69, 9.17) is 21.4 Å². The number of aliphatic hydroxyl groups is 2. The Morgan fingerprint density at radius 3 is 3.06 bits per heavy atom. The summed E-state index contributed by atoms with van der Waals surface area (Å²) >= 11 is 5.95. The Morgan fingerprint density at radius 1 is 1.50 bits per heavy atom. The van der Waals surface area contributed by atoms with E-state index in [9.17, 15) is 5.11 Å². The van der Waals surface area contributed by atoms with E-state index in [1.807, 2.05) is 0 Å². The number of hydrogen-bond donors (Lipinski definition) is 3. The Kier molecular flexibility index (Phi) is 2.95. The first-order valence-corrected chi connectivity index (χ1v) is 6.00. The largest absolute Gasteiger partial charge is 0.394 e. The molecular weight excluding hydrogens is 258 g/mol. The van der Waals surface area contributed by atoms with Crippen LogP contribution in [0.2, 0.25) is 5.15 Å². The van der Waals surface area contributed by atoms with E-state index in [0.717, 1.165) is 5.56 Å². The van der Waals surface area contributed by atoms with Crippen LogP contribution in [0.4, 0.5) is 0 Å². The molecule has 18 heavy (non-hydrogen) atoms. The molecule has 3 heterocycles. The van der Waals surface area contributed by atoms with Crippen molar-refractivity contribution in [3.63, 3.8) is 0 Å². The van der Waals surface area contributed by atoms with Gasteiger partial charge in [-0.15, -0.1) is 0 Å². The van der Waals surface area contributed by atoms with Crippen LogP contribution in [0.15, 0.2) is 12.5 Å². The van der Waals surface area contributed by atoms with Crippen LogP contribution in [0.3, 0.4) is 0 Å². The predicted molar refractivity (Wildman–Crippen MR) is 64.2 cm³/mol. The Labute approximate surface area is 108 Å². The highest BCUT2D eigenvalue weighted by molar-refractivity contribution is 6.33. The monoisotopic (exact) mass is 269 g/mol. The van der Waals surface area contributed by atoms with Gasteiger partial charge in [-0.25, -0.2) is 9.97 Å². The Balaban J connectivity index is 2.01. The third-order valence-electron chi connectivity index (χ3n) is 3.19. The fourth-order valence-corrected chi connectivity index (χ4v) is 2.44. The number of hydrogen-bond acceptors (Lipinski definition) is 5. The van der Waals surface area contributed by atoms with Crippen LogP contribution in [0.1, 0.15) is 18.1 Å². The third kappa shape index (κ3) is 1.78. The molecule has 7 heteroatoms. The number of H-pyrrole nitrogens is 1. The molecule has 0 aromatic carbocycles. The number of halogens is 1. The van der Waals surface area contributed by atoms with Crippen LogP contribution in [-0.4, -0.2) is 44.0 Å². The number of aromatic amines is 1. The van der Waals surface area contributed by atoms with Crippen LogP contribution in [-0.2, 0) is 4.74 Å². The maximum atomic E-state index is 9.74. The average Bonchev–Trinajstić information content (AvgIpc) is 2.96. The summed E-state index contributed by atoms with van der Waals surface area (Å²) in [6.45, 7) is -0.206. The summed E-state index contributed by atoms with van der Waals surface area (Å²) in [6, 6.07) is 0. The zero-order valence-electron chi connectivity index (χ0n) is 9.38. The molecule has 6 nitrogen and oxygen atoms in total. The van der Waals surface area contributed by atoms with Crippen molar-refractivity contribution in [2.45, 2.75) is 24.7 Å². The van der Waals surface area contributed by atoms with Crippen molar-refractivity contribution in [3.05, 3.63) is 23.2 Å². The molecule has 0 bridgehead atoms. The summed E-state index contributed by atoms with van der Waals surface area (Å²) in [4.78, 5) is 11.2. The lowest BCUT2D eigenvalue weighted by molar-refractivity contribution is -0.0223. The highest BCUT2D eigenvalue weighted by Gasteiger charge is 2.35. The summed E-state index contributed by atoms with van der Waals surface area (Å²) in [5.41, 5.74) is 2.11. The number of aliphatic hydroxyl groups excluding tert-OH is 2. The predicted octanol–water partition coefficient (Wildman–Crippen LogP) is 0.794. The van der Waals surface area contributed by atoms with E-state index < -0.39 is 12.2 Å².